The lowest BCUT2D eigenvalue weighted by molar-refractivity contribution is 0.0692. The number of rotatable bonds is 2. The van der Waals surface area contributed by atoms with Crippen LogP contribution in [0.4, 0.5) is 0 Å². The van der Waals surface area contributed by atoms with Crippen molar-refractivity contribution in [3.8, 4) is 0 Å². The van der Waals surface area contributed by atoms with Gasteiger partial charge < -0.3 is 10.1 Å². The lowest BCUT2D eigenvalue weighted by atomic mass is 10.1. The van der Waals surface area contributed by atoms with E-state index in [-0.39, 0.29) is 5.69 Å². The van der Waals surface area contributed by atoms with Crippen LogP contribution < -0.4 is 0 Å². The Morgan fingerprint density at radius 1 is 1.47 bits per heavy atom. The van der Waals surface area contributed by atoms with Crippen molar-refractivity contribution in [2.75, 3.05) is 0 Å². The summed E-state index contributed by atoms with van der Waals surface area (Å²) in [6.45, 7) is 2.07. The summed E-state index contributed by atoms with van der Waals surface area (Å²) < 4.78 is 0. The predicted octanol–water partition coefficient (Wildman–Crippen LogP) is 2.30. The first kappa shape index (κ1) is 9.89. The smallest absolute Gasteiger partial charge is 0.354 e. The molecule has 3 aromatic rings. The highest BCUT2D eigenvalue weighted by molar-refractivity contribution is 6.14. The molecule has 0 bridgehead atoms. The Morgan fingerprint density at radius 2 is 2.29 bits per heavy atom. The van der Waals surface area contributed by atoms with Gasteiger partial charge in [-0.1, -0.05) is 13.0 Å². The number of nitrogens with one attached hydrogen (secondary N) is 2. The van der Waals surface area contributed by atoms with Gasteiger partial charge in [-0.25, -0.2) is 4.79 Å². The van der Waals surface area contributed by atoms with E-state index in [0.717, 1.165) is 17.3 Å². The van der Waals surface area contributed by atoms with Gasteiger partial charge in [-0.15, -0.1) is 0 Å². The molecule has 3 N–H and O–H groups in total. The molecule has 0 radical (unpaired) electrons. The van der Waals surface area contributed by atoms with Gasteiger partial charge in [0.1, 0.15) is 0 Å². The summed E-state index contributed by atoms with van der Waals surface area (Å²) in [6, 6.07) is 6.00. The van der Waals surface area contributed by atoms with Crippen LogP contribution in [0.3, 0.4) is 0 Å². The quantitative estimate of drug-likeness (QED) is 0.630. The topological polar surface area (TPSA) is 81.8 Å². The van der Waals surface area contributed by atoms with Gasteiger partial charge in [0.15, 0.2) is 11.3 Å². The Bertz CT molecular complexity index is 724. The molecule has 17 heavy (non-hydrogen) atoms. The number of fused-ring (bicyclic) bond motifs is 3. The minimum absolute atomic E-state index is 0.138. The van der Waals surface area contributed by atoms with Crippen LogP contribution in [0.15, 0.2) is 18.2 Å². The van der Waals surface area contributed by atoms with E-state index in [4.69, 9.17) is 5.11 Å². The van der Waals surface area contributed by atoms with E-state index < -0.39 is 5.97 Å². The molecular formula is C12H11N3O2. The molecule has 5 nitrogen and oxygen atoms in total. The Morgan fingerprint density at radius 3 is 3.00 bits per heavy atom. The zero-order valence-electron chi connectivity index (χ0n) is 9.24. The monoisotopic (exact) mass is 229 g/mol. The van der Waals surface area contributed by atoms with Crippen LogP contribution in [0, 0.1) is 0 Å². The summed E-state index contributed by atoms with van der Waals surface area (Å²) in [5, 5.41) is 17.2. The van der Waals surface area contributed by atoms with Crippen LogP contribution >= 0.6 is 0 Å². The molecule has 0 aliphatic heterocycles. The molecule has 0 atom stereocenters. The molecule has 1 aromatic carbocycles. The van der Waals surface area contributed by atoms with Crippen LogP contribution in [0.5, 0.6) is 0 Å². The molecule has 0 spiro atoms. The first-order valence-electron chi connectivity index (χ1n) is 5.42. The number of carboxylic acid groups (broad SMARTS) is 1. The number of hydrogen-bond acceptors (Lipinski definition) is 2. The summed E-state index contributed by atoms with van der Waals surface area (Å²) in [4.78, 5) is 14.2. The molecule has 2 aromatic heterocycles. The third kappa shape index (κ3) is 1.32. The number of carboxylic acids is 1. The first-order valence-corrected chi connectivity index (χ1v) is 5.42. The van der Waals surface area contributed by atoms with E-state index in [2.05, 4.69) is 22.1 Å². The van der Waals surface area contributed by atoms with Crippen LogP contribution in [0.25, 0.3) is 21.9 Å². The van der Waals surface area contributed by atoms with Crippen molar-refractivity contribution in [1.82, 2.24) is 15.2 Å². The fourth-order valence-corrected chi connectivity index (χ4v) is 2.10. The fraction of sp³-hybridized carbons (Fsp3) is 0.167. The predicted molar refractivity (Wildman–Crippen MR) is 64.3 cm³/mol. The van der Waals surface area contributed by atoms with E-state index in [0.29, 0.717) is 11.0 Å². The highest BCUT2D eigenvalue weighted by Gasteiger charge is 2.17. The highest BCUT2D eigenvalue weighted by atomic mass is 16.4. The van der Waals surface area contributed by atoms with Crippen LogP contribution in [-0.2, 0) is 6.42 Å². The maximum atomic E-state index is 11.1. The lowest BCUT2D eigenvalue weighted by Crippen LogP contribution is -1.96. The molecule has 3 rings (SSSR count). The van der Waals surface area contributed by atoms with Gasteiger partial charge >= 0.3 is 5.97 Å². The second-order valence-corrected chi connectivity index (χ2v) is 3.99. The van der Waals surface area contributed by atoms with E-state index in [1.807, 2.05) is 18.2 Å². The third-order valence-corrected chi connectivity index (χ3v) is 2.99. The van der Waals surface area contributed by atoms with Crippen molar-refractivity contribution >= 4 is 27.9 Å². The lowest BCUT2D eigenvalue weighted by Gasteiger charge is -1.97. The molecule has 2 heterocycles. The number of carbonyl (C=O) groups is 1. The summed E-state index contributed by atoms with van der Waals surface area (Å²) in [5.74, 6) is -0.990. The molecule has 0 aliphatic rings. The maximum Gasteiger partial charge on any atom is 0.354 e. The fourth-order valence-electron chi connectivity index (χ4n) is 2.10. The van der Waals surface area contributed by atoms with Crippen LogP contribution in [0.1, 0.15) is 23.0 Å². The number of aromatic nitrogens is 3. The number of aromatic carboxylic acids is 1. The normalized spacial score (nSPS) is 11.4. The zero-order chi connectivity index (χ0) is 12.0. The Kier molecular flexibility index (Phi) is 1.95. The van der Waals surface area contributed by atoms with Crippen molar-refractivity contribution < 1.29 is 9.90 Å². The average Bonchev–Trinajstić information content (AvgIpc) is 2.86. The average molecular weight is 229 g/mol. The second kappa shape index (κ2) is 3.35. The molecule has 0 saturated carbocycles. The Labute approximate surface area is 96.5 Å². The van der Waals surface area contributed by atoms with E-state index >= 15 is 0 Å². The van der Waals surface area contributed by atoms with Crippen molar-refractivity contribution in [2.24, 2.45) is 0 Å². The molecule has 5 heteroatoms. The van der Waals surface area contributed by atoms with E-state index in [9.17, 15) is 4.79 Å². The minimum atomic E-state index is -0.990. The molecule has 0 saturated heterocycles. The molecule has 0 aliphatic carbocycles. The SMILES string of the molecule is CCc1ccc2[nH]c3n[nH]c(C(=O)O)c3c2c1. The third-order valence-electron chi connectivity index (χ3n) is 2.99. The van der Waals surface area contributed by atoms with Gasteiger partial charge in [-0.05, 0) is 24.1 Å². The van der Waals surface area contributed by atoms with Gasteiger partial charge in [0.05, 0.1) is 5.39 Å². The molecular weight excluding hydrogens is 218 g/mol. The van der Waals surface area contributed by atoms with Crippen LogP contribution in [-0.4, -0.2) is 26.3 Å². The van der Waals surface area contributed by atoms with Crippen molar-refractivity contribution in [2.45, 2.75) is 13.3 Å². The first-order chi connectivity index (χ1) is 8.20. The highest BCUT2D eigenvalue weighted by Crippen LogP contribution is 2.27. The van der Waals surface area contributed by atoms with E-state index in [1.165, 1.54) is 5.56 Å². The minimum Gasteiger partial charge on any atom is -0.477 e. The number of hydrogen-bond donors (Lipinski definition) is 3. The molecule has 0 fully saturated rings. The molecule has 0 amide bonds. The Balaban J connectivity index is 2.44. The zero-order valence-corrected chi connectivity index (χ0v) is 9.24. The largest absolute Gasteiger partial charge is 0.477 e. The number of benzene rings is 1. The number of aryl methyl sites for hydroxylation is 1. The summed E-state index contributed by atoms with van der Waals surface area (Å²) in [7, 11) is 0. The Hall–Kier alpha value is -2.30. The van der Waals surface area contributed by atoms with Gasteiger partial charge in [-0.2, -0.15) is 5.10 Å². The number of H-pyrrole nitrogens is 2. The van der Waals surface area contributed by atoms with Crippen LogP contribution in [0.2, 0.25) is 0 Å². The van der Waals surface area contributed by atoms with Gasteiger partial charge in [0, 0.05) is 10.9 Å². The summed E-state index contributed by atoms with van der Waals surface area (Å²) in [5.41, 5.74) is 2.82. The van der Waals surface area contributed by atoms with Crippen molar-refractivity contribution in [3.05, 3.63) is 29.5 Å². The van der Waals surface area contributed by atoms with Gasteiger partial charge in [0.25, 0.3) is 0 Å². The maximum absolute atomic E-state index is 11.1. The van der Waals surface area contributed by atoms with Gasteiger partial charge in [0.2, 0.25) is 0 Å². The van der Waals surface area contributed by atoms with E-state index in [1.54, 1.807) is 0 Å². The van der Waals surface area contributed by atoms with Crippen molar-refractivity contribution in [1.29, 1.82) is 0 Å². The second-order valence-electron chi connectivity index (χ2n) is 3.99. The number of nitrogens with zero attached hydrogens (tertiary/aromatic N) is 1. The molecule has 86 valence electrons. The summed E-state index contributed by atoms with van der Waals surface area (Å²) >= 11 is 0. The molecule has 0 unspecified atom stereocenters. The summed E-state index contributed by atoms with van der Waals surface area (Å²) in [6.07, 6.45) is 0.920. The standard InChI is InChI=1S/C12H11N3O2/c1-2-6-3-4-8-7(5-6)9-10(12(16)17)14-15-11(9)13-8/h3-5H,2H2,1H3,(H,16,17)(H2,13,14,15). The van der Waals surface area contributed by atoms with Crippen molar-refractivity contribution in [3.63, 3.8) is 0 Å². The number of aromatic amines is 2. The van der Waals surface area contributed by atoms with Gasteiger partial charge in [-0.3, -0.25) is 5.10 Å².